The molecular formula is C14H16N4O2. The Hall–Kier alpha value is -2.24. The topological polar surface area (TPSA) is 68.1 Å². The molecule has 0 spiro atoms. The lowest BCUT2D eigenvalue weighted by atomic mass is 10.1. The van der Waals surface area contributed by atoms with Crippen LogP contribution in [0.15, 0.2) is 29.1 Å². The van der Waals surface area contributed by atoms with Gasteiger partial charge < -0.3 is 4.90 Å². The molecule has 1 aromatic carbocycles. The highest BCUT2D eigenvalue weighted by Gasteiger charge is 2.18. The maximum absolute atomic E-state index is 12.2. The molecule has 1 aliphatic heterocycles. The molecule has 1 amide bonds. The molecule has 2 aromatic rings. The van der Waals surface area contributed by atoms with Crippen molar-refractivity contribution in [2.24, 2.45) is 0 Å². The second kappa shape index (κ2) is 5.40. The molecule has 1 aliphatic rings. The Labute approximate surface area is 116 Å². The van der Waals surface area contributed by atoms with Crippen molar-refractivity contribution in [1.29, 1.82) is 0 Å². The summed E-state index contributed by atoms with van der Waals surface area (Å²) in [4.78, 5) is 26.2. The van der Waals surface area contributed by atoms with Crippen LogP contribution in [0.1, 0.15) is 19.3 Å². The van der Waals surface area contributed by atoms with Gasteiger partial charge in [0.1, 0.15) is 12.1 Å². The van der Waals surface area contributed by atoms with Crippen LogP contribution in [0.5, 0.6) is 0 Å². The third-order valence-electron chi connectivity index (χ3n) is 3.62. The molecule has 0 aliphatic carbocycles. The first-order chi connectivity index (χ1) is 9.75. The van der Waals surface area contributed by atoms with Gasteiger partial charge in [0.2, 0.25) is 5.91 Å². The number of rotatable bonds is 2. The molecule has 0 bridgehead atoms. The zero-order chi connectivity index (χ0) is 13.9. The number of nitrogens with zero attached hydrogens (tertiary/aromatic N) is 4. The minimum atomic E-state index is -0.263. The summed E-state index contributed by atoms with van der Waals surface area (Å²) in [7, 11) is 0. The molecule has 0 N–H and O–H groups in total. The average molecular weight is 272 g/mol. The summed E-state index contributed by atoms with van der Waals surface area (Å²) in [6.07, 6.45) is 3.23. The third kappa shape index (κ3) is 2.41. The molecule has 3 rings (SSSR count). The molecule has 0 saturated carbocycles. The largest absolute Gasteiger partial charge is 0.341 e. The van der Waals surface area contributed by atoms with Gasteiger partial charge in [0, 0.05) is 13.1 Å². The van der Waals surface area contributed by atoms with E-state index in [0.29, 0.717) is 10.9 Å². The fourth-order valence-electron chi connectivity index (χ4n) is 2.50. The Morgan fingerprint density at radius 3 is 2.70 bits per heavy atom. The van der Waals surface area contributed by atoms with E-state index in [1.165, 1.54) is 6.42 Å². The quantitative estimate of drug-likeness (QED) is 0.811. The second-order valence-corrected chi connectivity index (χ2v) is 5.01. The van der Waals surface area contributed by atoms with Gasteiger partial charge in [-0.05, 0) is 31.4 Å². The first kappa shape index (κ1) is 12.8. The zero-order valence-corrected chi connectivity index (χ0v) is 11.2. The Morgan fingerprint density at radius 2 is 1.90 bits per heavy atom. The molecule has 104 valence electrons. The summed E-state index contributed by atoms with van der Waals surface area (Å²) in [5, 5.41) is 8.32. The highest BCUT2D eigenvalue weighted by molar-refractivity contribution is 5.78. The highest BCUT2D eigenvalue weighted by Crippen LogP contribution is 2.09. The maximum atomic E-state index is 12.2. The van der Waals surface area contributed by atoms with Gasteiger partial charge >= 0.3 is 0 Å². The van der Waals surface area contributed by atoms with Gasteiger partial charge in [-0.3, -0.25) is 9.59 Å². The third-order valence-corrected chi connectivity index (χ3v) is 3.62. The molecule has 1 saturated heterocycles. The van der Waals surface area contributed by atoms with Crippen LogP contribution < -0.4 is 5.56 Å². The SMILES string of the molecule is O=C(Cn1nnc2ccccc2c1=O)N1CCCCC1. The summed E-state index contributed by atoms with van der Waals surface area (Å²) in [6, 6.07) is 7.02. The molecule has 0 unspecified atom stereocenters. The van der Waals surface area contributed by atoms with Gasteiger partial charge in [-0.1, -0.05) is 17.3 Å². The van der Waals surface area contributed by atoms with Crippen molar-refractivity contribution in [3.63, 3.8) is 0 Å². The van der Waals surface area contributed by atoms with Crippen molar-refractivity contribution in [2.75, 3.05) is 13.1 Å². The number of piperidine rings is 1. The highest BCUT2D eigenvalue weighted by atomic mass is 16.2. The van der Waals surface area contributed by atoms with Crippen LogP contribution in [0.4, 0.5) is 0 Å². The molecule has 6 heteroatoms. The van der Waals surface area contributed by atoms with Crippen LogP contribution in [-0.4, -0.2) is 38.9 Å². The Morgan fingerprint density at radius 1 is 1.15 bits per heavy atom. The molecule has 2 heterocycles. The van der Waals surface area contributed by atoms with Gasteiger partial charge in [0.05, 0.1) is 5.39 Å². The van der Waals surface area contributed by atoms with Gasteiger partial charge in [-0.15, -0.1) is 5.10 Å². The molecule has 20 heavy (non-hydrogen) atoms. The van der Waals surface area contributed by atoms with E-state index in [1.807, 2.05) is 0 Å². The van der Waals surface area contributed by atoms with Crippen LogP contribution in [0.3, 0.4) is 0 Å². The summed E-state index contributed by atoms with van der Waals surface area (Å²) in [6.45, 7) is 1.51. The van der Waals surface area contributed by atoms with E-state index in [4.69, 9.17) is 0 Å². The van der Waals surface area contributed by atoms with Crippen molar-refractivity contribution in [3.05, 3.63) is 34.6 Å². The molecule has 0 atom stereocenters. The van der Waals surface area contributed by atoms with E-state index in [1.54, 1.807) is 29.2 Å². The minimum absolute atomic E-state index is 0.0311. The smallest absolute Gasteiger partial charge is 0.278 e. The van der Waals surface area contributed by atoms with Gasteiger partial charge in [-0.25, -0.2) is 4.68 Å². The second-order valence-electron chi connectivity index (χ2n) is 5.01. The van der Waals surface area contributed by atoms with E-state index >= 15 is 0 Å². The predicted octanol–water partition coefficient (Wildman–Crippen LogP) is 0.804. The van der Waals surface area contributed by atoms with Gasteiger partial charge in [-0.2, -0.15) is 0 Å². The zero-order valence-electron chi connectivity index (χ0n) is 11.2. The van der Waals surface area contributed by atoms with Crippen LogP contribution in [0.2, 0.25) is 0 Å². The molecule has 1 aromatic heterocycles. The van der Waals surface area contributed by atoms with Crippen LogP contribution in [0, 0.1) is 0 Å². The lowest BCUT2D eigenvalue weighted by molar-refractivity contribution is -0.133. The van der Waals surface area contributed by atoms with E-state index in [0.717, 1.165) is 30.6 Å². The number of likely N-dealkylation sites (tertiary alicyclic amines) is 1. The maximum Gasteiger partial charge on any atom is 0.278 e. The number of carbonyl (C=O) groups is 1. The molecular weight excluding hydrogens is 256 g/mol. The number of benzene rings is 1. The van der Waals surface area contributed by atoms with E-state index in [-0.39, 0.29) is 18.0 Å². The summed E-state index contributed by atoms with van der Waals surface area (Å²) in [5.41, 5.74) is 0.292. The summed E-state index contributed by atoms with van der Waals surface area (Å²) >= 11 is 0. The fraction of sp³-hybridized carbons (Fsp3) is 0.429. The average Bonchev–Trinajstić information content (AvgIpc) is 2.51. The normalized spacial score (nSPS) is 15.5. The van der Waals surface area contributed by atoms with Crippen molar-refractivity contribution in [3.8, 4) is 0 Å². The Balaban J connectivity index is 1.85. The Kier molecular flexibility index (Phi) is 3.45. The molecule has 6 nitrogen and oxygen atoms in total. The van der Waals surface area contributed by atoms with Crippen molar-refractivity contribution in [1.82, 2.24) is 19.9 Å². The lowest BCUT2D eigenvalue weighted by Crippen LogP contribution is -2.40. The van der Waals surface area contributed by atoms with Gasteiger partial charge in [0.25, 0.3) is 5.56 Å². The summed E-state index contributed by atoms with van der Waals surface area (Å²) in [5.74, 6) is -0.0589. The van der Waals surface area contributed by atoms with Crippen molar-refractivity contribution < 1.29 is 4.79 Å². The first-order valence-corrected chi connectivity index (χ1v) is 6.86. The minimum Gasteiger partial charge on any atom is -0.341 e. The number of hydrogen-bond acceptors (Lipinski definition) is 4. The molecule has 1 fully saturated rings. The van der Waals surface area contributed by atoms with Crippen molar-refractivity contribution >= 4 is 16.8 Å². The monoisotopic (exact) mass is 272 g/mol. The number of hydrogen-bond donors (Lipinski definition) is 0. The predicted molar refractivity (Wildman–Crippen MR) is 74.2 cm³/mol. The first-order valence-electron chi connectivity index (χ1n) is 6.86. The number of aromatic nitrogens is 3. The van der Waals surface area contributed by atoms with Gasteiger partial charge in [0.15, 0.2) is 0 Å². The van der Waals surface area contributed by atoms with E-state index < -0.39 is 0 Å². The van der Waals surface area contributed by atoms with E-state index in [2.05, 4.69) is 10.3 Å². The van der Waals surface area contributed by atoms with Crippen LogP contribution >= 0.6 is 0 Å². The van der Waals surface area contributed by atoms with Crippen molar-refractivity contribution in [2.45, 2.75) is 25.8 Å². The van der Waals surface area contributed by atoms with Crippen LogP contribution in [0.25, 0.3) is 10.9 Å². The number of amides is 1. The fourth-order valence-corrected chi connectivity index (χ4v) is 2.50. The molecule has 0 radical (unpaired) electrons. The van der Waals surface area contributed by atoms with Crippen LogP contribution in [-0.2, 0) is 11.3 Å². The van der Waals surface area contributed by atoms with E-state index in [9.17, 15) is 9.59 Å². The lowest BCUT2D eigenvalue weighted by Gasteiger charge is -2.26. The number of fused-ring (bicyclic) bond motifs is 1. The summed E-state index contributed by atoms with van der Waals surface area (Å²) < 4.78 is 1.15. The Bertz CT molecular complexity index is 689. The standard InChI is InChI=1S/C14H16N4O2/c19-13(17-8-4-1-5-9-17)10-18-14(20)11-6-2-3-7-12(11)15-16-18/h2-3,6-7H,1,4-5,8-10H2. The number of carbonyl (C=O) groups excluding carboxylic acids is 1.